The molecule has 0 aromatic heterocycles. The fourth-order valence-corrected chi connectivity index (χ4v) is 0.999. The topological polar surface area (TPSA) is 44.8 Å². The Kier molecular flexibility index (Phi) is 1.63. The summed E-state index contributed by atoms with van der Waals surface area (Å²) in [4.78, 5) is 11.7. The lowest BCUT2D eigenvalue weighted by molar-refractivity contribution is -0.146. The van der Waals surface area contributed by atoms with Gasteiger partial charge >= 0.3 is 0 Å². The summed E-state index contributed by atoms with van der Waals surface area (Å²) in [7, 11) is 2.40. The Morgan fingerprint density at radius 3 is 2.07 bits per heavy atom. The average molecular weight is 211 g/mol. The number of carbonyl (C=O) groups is 1. The van der Waals surface area contributed by atoms with E-state index in [4.69, 9.17) is 26.5 Å². The van der Waals surface area contributed by atoms with E-state index in [0.29, 0.717) is 0 Å². The van der Waals surface area contributed by atoms with Crippen LogP contribution >= 0.6 is 0 Å². The molecule has 1 aliphatic carbocycles. The molecule has 0 spiro atoms. The first-order valence-electron chi connectivity index (χ1n) is 8.29. The summed E-state index contributed by atoms with van der Waals surface area (Å²) in [6.07, 6.45) is -18.7. The monoisotopic (exact) mass is 211 g/mol. The maximum Gasteiger partial charge on any atom is 0.123 e. The van der Waals surface area contributed by atoms with Crippen molar-refractivity contribution in [3.8, 4) is 0 Å². The minimum Gasteiger partial charge on any atom is -0.379 e. The SMILES string of the molecule is [2H]C(=O)C1([2H])C([2H])([2H])C([2H])(OC)C([2H])(OC)C([2H])(OC)C1([2H])[2H]. The largest absolute Gasteiger partial charge is 0.379 e. The summed E-state index contributed by atoms with van der Waals surface area (Å²) in [5.74, 6) is -3.58. The zero-order chi connectivity index (χ0) is 18.7. The van der Waals surface area contributed by atoms with E-state index in [2.05, 4.69) is 0 Å². The maximum atomic E-state index is 11.7. The summed E-state index contributed by atoms with van der Waals surface area (Å²) in [5, 5.41) is 0. The van der Waals surface area contributed by atoms with E-state index in [1.54, 1.807) is 0 Å². The van der Waals surface area contributed by atoms with Crippen molar-refractivity contribution in [1.82, 2.24) is 0 Å². The van der Waals surface area contributed by atoms with Gasteiger partial charge in [0.15, 0.2) is 0 Å². The minimum atomic E-state index is -3.58. The van der Waals surface area contributed by atoms with Crippen LogP contribution in [0.25, 0.3) is 0 Å². The van der Waals surface area contributed by atoms with E-state index >= 15 is 0 Å². The molecule has 1 rings (SSSR count). The highest BCUT2D eigenvalue weighted by molar-refractivity contribution is 5.54. The molecule has 2 atom stereocenters. The van der Waals surface area contributed by atoms with Crippen molar-refractivity contribution in [2.45, 2.75) is 31.0 Å². The predicted octanol–water partition coefficient (Wildman–Crippen LogP) is 0.640. The smallest absolute Gasteiger partial charge is 0.123 e. The zero-order valence-electron chi connectivity index (χ0n) is 17.1. The molecule has 0 aromatic carbocycles. The van der Waals surface area contributed by atoms with E-state index in [9.17, 15) is 4.79 Å². The van der Waals surface area contributed by atoms with Gasteiger partial charge < -0.3 is 19.0 Å². The molecule has 2 unspecified atom stereocenters. The second-order valence-electron chi connectivity index (χ2n) is 2.33. The second-order valence-corrected chi connectivity index (χ2v) is 2.33. The molecule has 1 saturated carbocycles. The average Bonchev–Trinajstić information content (AvgIpc) is 2.49. The first-order valence-corrected chi connectivity index (χ1v) is 3.79. The van der Waals surface area contributed by atoms with Crippen molar-refractivity contribution in [1.29, 1.82) is 0 Å². The molecule has 1 fully saturated rings. The Labute approximate surface area is 97.2 Å². The third-order valence-electron chi connectivity index (χ3n) is 1.60. The number of hydrogen-bond acceptors (Lipinski definition) is 4. The summed E-state index contributed by atoms with van der Waals surface area (Å²) in [5.41, 5.74) is 0. The van der Waals surface area contributed by atoms with Crippen LogP contribution in [0, 0.1) is 5.89 Å². The summed E-state index contributed by atoms with van der Waals surface area (Å²) >= 11 is 0. The van der Waals surface area contributed by atoms with Gasteiger partial charge in [-0.3, -0.25) is 0 Å². The highest BCUT2D eigenvalue weighted by atomic mass is 16.6. The maximum absolute atomic E-state index is 11.7. The van der Waals surface area contributed by atoms with E-state index in [-0.39, 0.29) is 0 Å². The van der Waals surface area contributed by atoms with Crippen LogP contribution in [0.4, 0.5) is 0 Å². The third kappa shape index (κ3) is 2.32. The van der Waals surface area contributed by atoms with E-state index < -0.39 is 43.1 Å². The number of methoxy groups -OCH3 is 3. The quantitative estimate of drug-likeness (QED) is 0.640. The summed E-state index contributed by atoms with van der Waals surface area (Å²) < 4.78 is 85.8. The van der Waals surface area contributed by atoms with Crippen molar-refractivity contribution < 1.29 is 31.3 Å². The summed E-state index contributed by atoms with van der Waals surface area (Å²) in [6.45, 7) is 0. The van der Waals surface area contributed by atoms with Crippen molar-refractivity contribution in [2.24, 2.45) is 5.89 Å². The van der Waals surface area contributed by atoms with Gasteiger partial charge in [0.2, 0.25) is 0 Å². The van der Waals surface area contributed by atoms with Gasteiger partial charge in [-0.05, 0) is 12.7 Å². The molecule has 82 valence electrons. The number of aldehydes is 1. The van der Waals surface area contributed by atoms with E-state index in [1.165, 1.54) is 0 Å². The molecule has 1 aliphatic rings. The fourth-order valence-electron chi connectivity index (χ4n) is 0.999. The molecule has 0 saturated heterocycles. The normalized spacial score (nSPS) is 75.8. The number of hydrogen-bond donors (Lipinski definition) is 0. The lowest BCUT2D eigenvalue weighted by Crippen LogP contribution is -2.47. The molecular weight excluding hydrogens is 184 g/mol. The zero-order valence-corrected chi connectivity index (χ0v) is 8.13. The van der Waals surface area contributed by atoms with Gasteiger partial charge in [-0.25, -0.2) is 0 Å². The van der Waals surface area contributed by atoms with Crippen LogP contribution in [0.3, 0.4) is 0 Å². The van der Waals surface area contributed by atoms with Crippen LogP contribution in [0.5, 0.6) is 0 Å². The molecular formula is C10H18O4. The van der Waals surface area contributed by atoms with Crippen LogP contribution in [0.1, 0.15) is 25.1 Å². The number of ether oxygens (including phenoxy) is 3. The molecule has 4 nitrogen and oxygen atoms in total. The second kappa shape index (κ2) is 5.44. The molecule has 0 N–H and O–H groups in total. The lowest BCUT2D eigenvalue weighted by Gasteiger charge is -2.37. The highest BCUT2D eigenvalue weighted by Gasteiger charge is 2.38. The molecule has 0 aromatic rings. The van der Waals surface area contributed by atoms with Gasteiger partial charge in [-0.15, -0.1) is 0 Å². The molecule has 0 amide bonds. The molecule has 4 heteroatoms. The molecule has 0 bridgehead atoms. The van der Waals surface area contributed by atoms with Gasteiger partial charge in [0.1, 0.15) is 13.7 Å². The molecule has 0 aliphatic heterocycles. The van der Waals surface area contributed by atoms with Gasteiger partial charge in [0.05, 0.1) is 16.3 Å². The van der Waals surface area contributed by atoms with Crippen molar-refractivity contribution in [3.63, 3.8) is 0 Å². The molecule has 0 heterocycles. The molecule has 0 radical (unpaired) electrons. The van der Waals surface area contributed by atoms with Gasteiger partial charge in [-0.1, -0.05) is 0 Å². The van der Waals surface area contributed by atoms with Crippen LogP contribution in [0.15, 0.2) is 0 Å². The standard InChI is InChI=1S/C10H18O4/c1-12-8-4-7(6-11)5-9(13-2)10(8)14-3/h6-10H,4-5H2,1-3H3/i4D2,5D2,6D,7D,8D,9D,10D. The Bertz CT molecular complexity index is 483. The predicted molar refractivity (Wildman–Crippen MR) is 51.2 cm³/mol. The van der Waals surface area contributed by atoms with Gasteiger partial charge in [0.25, 0.3) is 0 Å². The Morgan fingerprint density at radius 2 is 1.79 bits per heavy atom. The van der Waals surface area contributed by atoms with E-state index in [0.717, 1.165) is 21.3 Å². The van der Waals surface area contributed by atoms with E-state index in [1.807, 2.05) is 0 Å². The Morgan fingerprint density at radius 1 is 1.29 bits per heavy atom. The Balaban J connectivity index is 4.04. The van der Waals surface area contributed by atoms with Crippen molar-refractivity contribution in [2.75, 3.05) is 21.3 Å². The molecule has 14 heavy (non-hydrogen) atoms. The van der Waals surface area contributed by atoms with Gasteiger partial charge in [-0.2, -0.15) is 0 Å². The lowest BCUT2D eigenvalue weighted by atomic mass is 9.84. The van der Waals surface area contributed by atoms with Gasteiger partial charge in [0, 0.05) is 34.1 Å². The van der Waals surface area contributed by atoms with Crippen LogP contribution in [-0.2, 0) is 19.0 Å². The minimum absolute atomic E-state index is 0.791. The van der Waals surface area contributed by atoms with Crippen LogP contribution in [-0.4, -0.2) is 45.8 Å². The number of rotatable bonds is 4. The van der Waals surface area contributed by atoms with Crippen molar-refractivity contribution >= 4 is 6.26 Å². The Hall–Kier alpha value is -0.450. The van der Waals surface area contributed by atoms with Crippen LogP contribution in [0.2, 0.25) is 0 Å². The highest BCUT2D eigenvalue weighted by Crippen LogP contribution is 2.28. The third-order valence-corrected chi connectivity index (χ3v) is 1.60. The number of carbonyl (C=O) groups excluding carboxylic acids is 1. The first kappa shape index (κ1) is 4.20. The fraction of sp³-hybridized carbons (Fsp3) is 0.900. The summed E-state index contributed by atoms with van der Waals surface area (Å²) in [6, 6.07) is 0. The van der Waals surface area contributed by atoms with Crippen LogP contribution < -0.4 is 0 Å². The van der Waals surface area contributed by atoms with Crippen molar-refractivity contribution in [3.05, 3.63) is 0 Å². The first-order chi connectivity index (χ1) is 10.1.